The zero-order valence-electron chi connectivity index (χ0n) is 18.5. The van der Waals surface area contributed by atoms with Gasteiger partial charge in [0.25, 0.3) is 6.71 Å². The molecule has 3 aliphatic rings. The number of ether oxygens (including phenoxy) is 2. The maximum absolute atomic E-state index is 6.46. The molecule has 9 rings (SSSR count). The van der Waals surface area contributed by atoms with Crippen LogP contribution in [0.3, 0.4) is 0 Å². The van der Waals surface area contributed by atoms with Crippen molar-refractivity contribution in [3.8, 4) is 23.0 Å². The van der Waals surface area contributed by atoms with Gasteiger partial charge < -0.3 is 18.8 Å². The molecular weight excluding hydrogens is 433 g/mol. The van der Waals surface area contributed by atoms with Crippen LogP contribution in [-0.2, 0) is 0 Å². The molecule has 4 nitrogen and oxygen atoms in total. The fourth-order valence-electron chi connectivity index (χ4n) is 6.17. The Morgan fingerprint density at radius 1 is 0.486 bits per heavy atom. The standard InChI is InChI=1S/C30H16BNO3/c1-2-12-22-17(7-1)18-8-3-11-21(30(18)35-22)32-19-9-4-13-23-27(19)31-28-20(32)10-5-14-24(28)34-26-16-6-15-25(33-23)29(26)31/h1-16H. The third-order valence-electron chi connectivity index (χ3n) is 7.52. The first-order chi connectivity index (χ1) is 17.4. The number of furan rings is 1. The first-order valence-electron chi connectivity index (χ1n) is 11.8. The van der Waals surface area contributed by atoms with E-state index < -0.39 is 0 Å². The van der Waals surface area contributed by atoms with Crippen LogP contribution in [0.25, 0.3) is 21.9 Å². The minimum atomic E-state index is 0.0622. The maximum Gasteiger partial charge on any atom is 0.266 e. The summed E-state index contributed by atoms with van der Waals surface area (Å²) in [5.41, 5.74) is 8.42. The van der Waals surface area contributed by atoms with Gasteiger partial charge in [-0.1, -0.05) is 48.5 Å². The molecule has 0 atom stereocenters. The summed E-state index contributed by atoms with van der Waals surface area (Å²) in [6.45, 7) is 0.0622. The monoisotopic (exact) mass is 449 g/mol. The summed E-state index contributed by atoms with van der Waals surface area (Å²) in [4.78, 5) is 2.31. The molecule has 3 aliphatic heterocycles. The van der Waals surface area contributed by atoms with Gasteiger partial charge in [0.2, 0.25) is 0 Å². The lowest BCUT2D eigenvalue weighted by atomic mass is 9.33. The van der Waals surface area contributed by atoms with Crippen molar-refractivity contribution in [2.24, 2.45) is 0 Å². The van der Waals surface area contributed by atoms with E-state index in [1.807, 2.05) is 30.3 Å². The molecule has 0 aliphatic carbocycles. The highest BCUT2D eigenvalue weighted by Gasteiger charge is 2.47. The van der Waals surface area contributed by atoms with Gasteiger partial charge in [0.05, 0.1) is 5.69 Å². The Bertz CT molecular complexity index is 1810. The Kier molecular flexibility index (Phi) is 3.09. The van der Waals surface area contributed by atoms with E-state index in [1.165, 1.54) is 10.9 Å². The number of rotatable bonds is 1. The van der Waals surface area contributed by atoms with Crippen LogP contribution in [0.15, 0.2) is 101 Å². The Morgan fingerprint density at radius 2 is 1.03 bits per heavy atom. The van der Waals surface area contributed by atoms with Gasteiger partial charge in [-0.3, -0.25) is 0 Å². The quantitative estimate of drug-likeness (QED) is 0.284. The van der Waals surface area contributed by atoms with Gasteiger partial charge in [0.15, 0.2) is 5.58 Å². The summed E-state index contributed by atoms with van der Waals surface area (Å²) in [7, 11) is 0. The summed E-state index contributed by atoms with van der Waals surface area (Å²) in [6, 6.07) is 33.3. The van der Waals surface area contributed by atoms with Crippen LogP contribution in [0, 0.1) is 0 Å². The van der Waals surface area contributed by atoms with Crippen molar-refractivity contribution in [2.45, 2.75) is 0 Å². The lowest BCUT2D eigenvalue weighted by molar-refractivity contribution is 0.464. The van der Waals surface area contributed by atoms with Gasteiger partial charge in [0, 0.05) is 27.6 Å². The molecule has 0 radical (unpaired) electrons. The number of benzene rings is 5. The van der Waals surface area contributed by atoms with Crippen molar-refractivity contribution in [3.63, 3.8) is 0 Å². The van der Waals surface area contributed by atoms with Crippen LogP contribution < -0.4 is 30.8 Å². The number of fused-ring (bicyclic) bond motifs is 3. The Labute approximate surface area is 201 Å². The normalized spacial score (nSPS) is 14.1. The summed E-state index contributed by atoms with van der Waals surface area (Å²) in [5.74, 6) is 3.51. The van der Waals surface area contributed by atoms with E-state index in [0.29, 0.717) is 0 Å². The summed E-state index contributed by atoms with van der Waals surface area (Å²) in [5, 5.41) is 2.23. The number of para-hydroxylation sites is 2. The topological polar surface area (TPSA) is 34.8 Å². The minimum Gasteiger partial charge on any atom is -0.458 e. The number of hydrogen-bond donors (Lipinski definition) is 0. The largest absolute Gasteiger partial charge is 0.458 e. The predicted molar refractivity (Wildman–Crippen MR) is 140 cm³/mol. The fraction of sp³-hybridized carbons (Fsp3) is 0. The van der Waals surface area contributed by atoms with E-state index >= 15 is 0 Å². The zero-order valence-corrected chi connectivity index (χ0v) is 18.5. The third-order valence-corrected chi connectivity index (χ3v) is 7.52. The van der Waals surface area contributed by atoms with E-state index in [-0.39, 0.29) is 6.71 Å². The van der Waals surface area contributed by atoms with Crippen molar-refractivity contribution in [1.29, 1.82) is 0 Å². The molecule has 0 unspecified atom stereocenters. The van der Waals surface area contributed by atoms with Crippen LogP contribution in [0.4, 0.5) is 17.1 Å². The predicted octanol–water partition coefficient (Wildman–Crippen LogP) is 6.10. The van der Waals surface area contributed by atoms with E-state index in [0.717, 1.165) is 67.5 Å². The second kappa shape index (κ2) is 6.07. The van der Waals surface area contributed by atoms with E-state index in [9.17, 15) is 0 Å². The molecule has 35 heavy (non-hydrogen) atoms. The fourth-order valence-corrected chi connectivity index (χ4v) is 6.17. The maximum atomic E-state index is 6.46. The first-order valence-corrected chi connectivity index (χ1v) is 11.8. The number of anilines is 3. The molecule has 0 amide bonds. The van der Waals surface area contributed by atoms with Crippen molar-refractivity contribution in [1.82, 2.24) is 0 Å². The van der Waals surface area contributed by atoms with E-state index in [1.54, 1.807) is 0 Å². The molecule has 0 fully saturated rings. The second-order valence-electron chi connectivity index (χ2n) is 9.27. The molecule has 0 saturated carbocycles. The number of nitrogens with zero attached hydrogens (tertiary/aromatic N) is 1. The molecule has 162 valence electrons. The van der Waals surface area contributed by atoms with Crippen LogP contribution in [0.2, 0.25) is 0 Å². The van der Waals surface area contributed by atoms with Crippen LogP contribution in [0.1, 0.15) is 0 Å². The van der Waals surface area contributed by atoms with Crippen LogP contribution in [-0.4, -0.2) is 6.71 Å². The average Bonchev–Trinajstić information content (AvgIpc) is 3.28. The highest BCUT2D eigenvalue weighted by atomic mass is 16.5. The van der Waals surface area contributed by atoms with Gasteiger partial charge in [-0.05, 0) is 59.5 Å². The average molecular weight is 449 g/mol. The molecule has 6 aromatic rings. The van der Waals surface area contributed by atoms with E-state index in [2.05, 4.69) is 71.6 Å². The van der Waals surface area contributed by atoms with Crippen molar-refractivity contribution in [3.05, 3.63) is 97.1 Å². The van der Waals surface area contributed by atoms with Gasteiger partial charge in [-0.2, -0.15) is 0 Å². The van der Waals surface area contributed by atoms with Crippen LogP contribution in [0.5, 0.6) is 23.0 Å². The molecule has 5 heteroatoms. The lowest BCUT2D eigenvalue weighted by Gasteiger charge is -2.42. The Hall–Kier alpha value is -4.64. The molecule has 0 bridgehead atoms. The Balaban J connectivity index is 1.41. The smallest absolute Gasteiger partial charge is 0.266 e. The highest BCUT2D eigenvalue weighted by molar-refractivity contribution is 7.00. The van der Waals surface area contributed by atoms with Crippen molar-refractivity contribution >= 4 is 62.1 Å². The van der Waals surface area contributed by atoms with Gasteiger partial charge in [0.1, 0.15) is 28.6 Å². The van der Waals surface area contributed by atoms with Crippen molar-refractivity contribution < 1.29 is 13.9 Å². The SMILES string of the molecule is c1cc2c3c(c1)Oc1cccc4c1B3c1c(cccc1N4c1cccc3c1oc1ccccc13)O2. The molecule has 0 N–H and O–H groups in total. The van der Waals surface area contributed by atoms with E-state index in [4.69, 9.17) is 13.9 Å². The Morgan fingerprint density at radius 3 is 1.74 bits per heavy atom. The van der Waals surface area contributed by atoms with Crippen molar-refractivity contribution in [2.75, 3.05) is 4.90 Å². The summed E-state index contributed by atoms with van der Waals surface area (Å²) < 4.78 is 19.3. The highest BCUT2D eigenvalue weighted by Crippen LogP contribution is 2.47. The summed E-state index contributed by atoms with van der Waals surface area (Å²) in [6.07, 6.45) is 0. The second-order valence-corrected chi connectivity index (χ2v) is 9.27. The molecule has 0 spiro atoms. The minimum absolute atomic E-state index is 0.0622. The molecule has 0 saturated heterocycles. The first kappa shape index (κ1) is 17.8. The molecular formula is C30H16BNO3. The molecule has 4 heterocycles. The third kappa shape index (κ3) is 2.10. The lowest BCUT2D eigenvalue weighted by Crippen LogP contribution is -2.61. The number of hydrogen-bond acceptors (Lipinski definition) is 4. The van der Waals surface area contributed by atoms with Gasteiger partial charge in [-0.25, -0.2) is 0 Å². The van der Waals surface area contributed by atoms with Gasteiger partial charge in [-0.15, -0.1) is 0 Å². The summed E-state index contributed by atoms with van der Waals surface area (Å²) >= 11 is 0. The molecule has 1 aromatic heterocycles. The van der Waals surface area contributed by atoms with Gasteiger partial charge >= 0.3 is 0 Å². The molecule has 5 aromatic carbocycles. The zero-order chi connectivity index (χ0) is 22.7. The van der Waals surface area contributed by atoms with Crippen LogP contribution >= 0.6 is 0 Å².